The van der Waals surface area contributed by atoms with Gasteiger partial charge >= 0.3 is 0 Å². The first-order chi connectivity index (χ1) is 9.75. The van der Waals surface area contributed by atoms with Crippen molar-refractivity contribution in [2.24, 2.45) is 5.73 Å². The summed E-state index contributed by atoms with van der Waals surface area (Å²) in [5.74, 6) is 0.356. The lowest BCUT2D eigenvalue weighted by molar-refractivity contribution is 0.100. The van der Waals surface area contributed by atoms with Gasteiger partial charge in [0.05, 0.1) is 6.61 Å². The molecule has 0 unspecified atom stereocenters. The van der Waals surface area contributed by atoms with Gasteiger partial charge < -0.3 is 10.5 Å². The number of benzene rings is 2. The number of aryl methyl sites for hydroxylation is 1. The maximum Gasteiger partial charge on any atom is 0.248 e. The van der Waals surface area contributed by atoms with E-state index in [0.717, 1.165) is 25.0 Å². The smallest absolute Gasteiger partial charge is 0.248 e. The summed E-state index contributed by atoms with van der Waals surface area (Å²) in [6.45, 7) is 0.683. The highest BCUT2D eigenvalue weighted by molar-refractivity contribution is 5.92. The average molecular weight is 269 g/mol. The molecule has 0 saturated heterocycles. The molecule has 104 valence electrons. The maximum atomic E-state index is 10.9. The Morgan fingerprint density at radius 2 is 1.65 bits per heavy atom. The Kier molecular flexibility index (Phi) is 5.18. The molecule has 3 heteroatoms. The summed E-state index contributed by atoms with van der Waals surface area (Å²) in [4.78, 5) is 10.9. The highest BCUT2D eigenvalue weighted by Gasteiger charge is 2.00. The van der Waals surface area contributed by atoms with Crippen LogP contribution in [0.4, 0.5) is 0 Å². The van der Waals surface area contributed by atoms with E-state index in [9.17, 15) is 4.79 Å². The summed E-state index contributed by atoms with van der Waals surface area (Å²) in [5.41, 5.74) is 7.04. The summed E-state index contributed by atoms with van der Waals surface area (Å²) in [7, 11) is 0. The van der Waals surface area contributed by atoms with Crippen molar-refractivity contribution in [2.45, 2.75) is 19.3 Å². The zero-order valence-corrected chi connectivity index (χ0v) is 11.4. The van der Waals surface area contributed by atoms with Crippen molar-refractivity contribution in [3.63, 3.8) is 0 Å². The van der Waals surface area contributed by atoms with Crippen molar-refractivity contribution in [1.82, 2.24) is 0 Å². The van der Waals surface area contributed by atoms with Crippen molar-refractivity contribution in [1.29, 1.82) is 0 Å². The second-order valence-electron chi connectivity index (χ2n) is 4.68. The molecule has 0 atom stereocenters. The summed E-state index contributed by atoms with van der Waals surface area (Å²) < 4.78 is 5.63. The lowest BCUT2D eigenvalue weighted by Crippen LogP contribution is -2.10. The maximum absolute atomic E-state index is 10.9. The minimum Gasteiger partial charge on any atom is -0.494 e. The van der Waals surface area contributed by atoms with E-state index < -0.39 is 5.91 Å². The number of amides is 1. The normalized spacial score (nSPS) is 10.2. The molecule has 0 spiro atoms. The van der Waals surface area contributed by atoms with Crippen LogP contribution in [-0.4, -0.2) is 12.5 Å². The number of primary amides is 1. The van der Waals surface area contributed by atoms with Crippen molar-refractivity contribution in [3.8, 4) is 5.75 Å². The fourth-order valence-electron chi connectivity index (χ4n) is 1.98. The monoisotopic (exact) mass is 269 g/mol. The quantitative estimate of drug-likeness (QED) is 0.785. The first-order valence-corrected chi connectivity index (χ1v) is 6.82. The third-order valence-corrected chi connectivity index (χ3v) is 3.11. The van der Waals surface area contributed by atoms with Gasteiger partial charge in [0.2, 0.25) is 5.91 Å². The van der Waals surface area contributed by atoms with Crippen molar-refractivity contribution in [3.05, 3.63) is 65.7 Å². The summed E-state index contributed by atoms with van der Waals surface area (Å²) in [6.07, 6.45) is 3.18. The molecule has 2 rings (SSSR count). The molecule has 3 nitrogen and oxygen atoms in total. The number of ether oxygens (including phenoxy) is 1. The second-order valence-corrected chi connectivity index (χ2v) is 4.68. The highest BCUT2D eigenvalue weighted by atomic mass is 16.5. The van der Waals surface area contributed by atoms with Crippen LogP contribution in [0.2, 0.25) is 0 Å². The molecule has 0 radical (unpaired) electrons. The largest absolute Gasteiger partial charge is 0.494 e. The number of carbonyl (C=O) groups is 1. The van der Waals surface area contributed by atoms with E-state index in [2.05, 4.69) is 24.3 Å². The Labute approximate surface area is 119 Å². The van der Waals surface area contributed by atoms with Gasteiger partial charge in [0.15, 0.2) is 0 Å². The molecule has 20 heavy (non-hydrogen) atoms. The molecule has 0 aliphatic carbocycles. The Balaban J connectivity index is 1.67. The van der Waals surface area contributed by atoms with E-state index in [4.69, 9.17) is 10.5 Å². The predicted molar refractivity (Wildman–Crippen MR) is 79.8 cm³/mol. The number of unbranched alkanes of at least 4 members (excludes halogenated alkanes) is 1. The third kappa shape index (κ3) is 4.43. The van der Waals surface area contributed by atoms with Gasteiger partial charge in [0.1, 0.15) is 5.75 Å². The van der Waals surface area contributed by atoms with Gasteiger partial charge in [-0.05, 0) is 49.1 Å². The zero-order chi connectivity index (χ0) is 14.2. The van der Waals surface area contributed by atoms with Crippen molar-refractivity contribution in [2.75, 3.05) is 6.61 Å². The van der Waals surface area contributed by atoms with Crippen molar-refractivity contribution >= 4 is 5.91 Å². The molecule has 0 aromatic heterocycles. The standard InChI is InChI=1S/C17H19NO2/c18-17(19)15-9-11-16(12-10-15)20-13-5-4-8-14-6-2-1-3-7-14/h1-3,6-7,9-12H,4-5,8,13H2,(H2,18,19). The minimum absolute atomic E-state index is 0.417. The van der Waals surface area contributed by atoms with Crippen LogP contribution in [0, 0.1) is 0 Å². The van der Waals surface area contributed by atoms with Gasteiger partial charge in [0, 0.05) is 5.56 Å². The van der Waals surface area contributed by atoms with E-state index in [1.807, 2.05) is 6.07 Å². The molecule has 2 aromatic rings. The molecule has 0 fully saturated rings. The molecule has 2 N–H and O–H groups in total. The van der Waals surface area contributed by atoms with Gasteiger partial charge in [-0.3, -0.25) is 4.79 Å². The van der Waals surface area contributed by atoms with Crippen LogP contribution < -0.4 is 10.5 Å². The molecule has 1 amide bonds. The summed E-state index contributed by atoms with van der Waals surface area (Å²) >= 11 is 0. The molecular weight excluding hydrogens is 250 g/mol. The first-order valence-electron chi connectivity index (χ1n) is 6.82. The summed E-state index contributed by atoms with van der Waals surface area (Å²) in [5, 5.41) is 0. The number of carbonyl (C=O) groups excluding carboxylic acids is 1. The fourth-order valence-corrected chi connectivity index (χ4v) is 1.98. The van der Waals surface area contributed by atoms with Crippen LogP contribution >= 0.6 is 0 Å². The topological polar surface area (TPSA) is 52.3 Å². The van der Waals surface area contributed by atoms with Crippen LogP contribution in [0.25, 0.3) is 0 Å². The summed E-state index contributed by atoms with van der Waals surface area (Å²) in [6, 6.07) is 17.4. The van der Waals surface area contributed by atoms with E-state index in [1.165, 1.54) is 5.56 Å². The van der Waals surface area contributed by atoms with Crippen LogP contribution in [0.1, 0.15) is 28.8 Å². The Hall–Kier alpha value is -2.29. The molecule has 0 heterocycles. The van der Waals surface area contributed by atoms with Crippen LogP contribution in [0.3, 0.4) is 0 Å². The Bertz CT molecular complexity index is 535. The zero-order valence-electron chi connectivity index (χ0n) is 11.4. The van der Waals surface area contributed by atoms with E-state index >= 15 is 0 Å². The minimum atomic E-state index is -0.417. The molecular formula is C17H19NO2. The van der Waals surface area contributed by atoms with E-state index in [-0.39, 0.29) is 0 Å². The van der Waals surface area contributed by atoms with Gasteiger partial charge in [-0.15, -0.1) is 0 Å². The number of hydrogen-bond donors (Lipinski definition) is 1. The van der Waals surface area contributed by atoms with Crippen LogP contribution in [0.5, 0.6) is 5.75 Å². The van der Waals surface area contributed by atoms with E-state index in [0.29, 0.717) is 12.2 Å². The predicted octanol–water partition coefficient (Wildman–Crippen LogP) is 3.19. The van der Waals surface area contributed by atoms with Gasteiger partial charge in [-0.2, -0.15) is 0 Å². The molecule has 0 aliphatic rings. The van der Waals surface area contributed by atoms with Crippen molar-refractivity contribution < 1.29 is 9.53 Å². The molecule has 0 bridgehead atoms. The van der Waals surface area contributed by atoms with Gasteiger partial charge in [-0.25, -0.2) is 0 Å². The first kappa shape index (κ1) is 14.1. The Morgan fingerprint density at radius 3 is 2.30 bits per heavy atom. The third-order valence-electron chi connectivity index (χ3n) is 3.11. The average Bonchev–Trinajstić information content (AvgIpc) is 2.48. The molecule has 0 saturated carbocycles. The van der Waals surface area contributed by atoms with Crippen LogP contribution in [0.15, 0.2) is 54.6 Å². The van der Waals surface area contributed by atoms with Gasteiger partial charge in [0.25, 0.3) is 0 Å². The van der Waals surface area contributed by atoms with E-state index in [1.54, 1.807) is 24.3 Å². The number of nitrogens with two attached hydrogens (primary N) is 1. The fraction of sp³-hybridized carbons (Fsp3) is 0.235. The number of hydrogen-bond acceptors (Lipinski definition) is 2. The second kappa shape index (κ2) is 7.34. The highest BCUT2D eigenvalue weighted by Crippen LogP contribution is 2.13. The molecule has 2 aromatic carbocycles. The number of rotatable bonds is 7. The van der Waals surface area contributed by atoms with Gasteiger partial charge in [-0.1, -0.05) is 30.3 Å². The lowest BCUT2D eigenvalue weighted by atomic mass is 10.1. The Morgan fingerprint density at radius 1 is 0.950 bits per heavy atom. The SMILES string of the molecule is NC(=O)c1ccc(OCCCCc2ccccc2)cc1. The molecule has 0 aliphatic heterocycles. The van der Waals surface area contributed by atoms with Crippen LogP contribution in [-0.2, 0) is 6.42 Å². The lowest BCUT2D eigenvalue weighted by Gasteiger charge is -2.06.